The van der Waals surface area contributed by atoms with Gasteiger partial charge in [0.05, 0.1) is 9.79 Å². The molecule has 0 saturated heterocycles. The van der Waals surface area contributed by atoms with Gasteiger partial charge in [-0.2, -0.15) is 0 Å². The van der Waals surface area contributed by atoms with Crippen LogP contribution in [0.4, 0.5) is 0 Å². The maximum absolute atomic E-state index is 12.3. The van der Waals surface area contributed by atoms with E-state index in [9.17, 15) is 13.2 Å². The minimum Gasteiger partial charge on any atom is -0.289 e. The van der Waals surface area contributed by atoms with Crippen LogP contribution in [0.5, 0.6) is 0 Å². The largest absolute Gasteiger partial charge is 0.289 e. The van der Waals surface area contributed by atoms with Crippen LogP contribution in [0, 0.1) is 41.5 Å². The van der Waals surface area contributed by atoms with E-state index < -0.39 is 9.84 Å². The Morgan fingerprint density at radius 3 is 0.855 bits per heavy atom. The Kier molecular flexibility index (Phi) is 39.9. The number of rotatable bonds is 15. The van der Waals surface area contributed by atoms with Gasteiger partial charge in [-0.3, -0.25) is 4.79 Å². The standard InChI is InChI=1S/C15H14O.C14H14O2S.3C10H14.C8H10.C6H14.C6H12/c1-11-3-7-13(8-4-11)15(16)14-9-5-12(2)6-10-14;1-11-3-7-13(8-4-11)17(15,16)14-9-5-12(2)6-10-14;1-3-9-5-7-10(4-2)8-6-9;1-3-9-6-5-7-10(4-2)8-9;1-3-9-7-5-6-8-10(9)4-2;1-7-3-5-8(2)6-4-7;2*1-3-5-6-4-2/h3-10H,1-2H3;3-10H,1-2H3;3*5-8H,3-4H2,1-2H3;3-6H,1-2H3;3-6H2,1-2H3;5-6H,3-4H2,1-2H3/b;;;;;;;6-5+. The summed E-state index contributed by atoms with van der Waals surface area (Å²) in [7, 11) is -3.37. The van der Waals surface area contributed by atoms with E-state index in [0.29, 0.717) is 9.79 Å². The molecular weight excluding hydrogens is 1030 g/mol. The molecule has 0 aliphatic rings. The first-order valence-electron chi connectivity index (χ1n) is 30.9. The van der Waals surface area contributed by atoms with Gasteiger partial charge in [-0.05, 0) is 151 Å². The first-order chi connectivity index (χ1) is 39.9. The van der Waals surface area contributed by atoms with Gasteiger partial charge in [-0.15, -0.1) is 0 Å². The van der Waals surface area contributed by atoms with Crippen LogP contribution in [-0.2, 0) is 48.4 Å². The number of allylic oxidation sites excluding steroid dienone is 2. The summed E-state index contributed by atoms with van der Waals surface area (Å²) in [6.07, 6.45) is 19.1. The number of carbonyl (C=O) groups excluding carboxylic acids is 1. The third-order valence-corrected chi connectivity index (χ3v) is 15.4. The number of unbranched alkanes of at least 4 members (excludes halogenated alkanes) is 3. The lowest BCUT2D eigenvalue weighted by atomic mass is 10.0. The second-order valence-electron chi connectivity index (χ2n) is 20.9. The maximum atomic E-state index is 12.3. The Hall–Kier alpha value is -6.88. The van der Waals surface area contributed by atoms with Crippen LogP contribution in [0.3, 0.4) is 0 Å². The van der Waals surface area contributed by atoms with E-state index in [1.807, 2.05) is 76.2 Å². The summed E-state index contributed by atoms with van der Waals surface area (Å²) in [6, 6.07) is 63.8. The summed E-state index contributed by atoms with van der Waals surface area (Å²) >= 11 is 0. The van der Waals surface area contributed by atoms with Gasteiger partial charge in [0, 0.05) is 11.1 Å². The Bertz CT molecular complexity index is 2840. The van der Waals surface area contributed by atoms with E-state index in [-0.39, 0.29) is 5.78 Å². The minimum absolute atomic E-state index is 0.0833. The molecule has 0 fully saturated rings. The lowest BCUT2D eigenvalue weighted by Crippen LogP contribution is -2.01. The maximum Gasteiger partial charge on any atom is 0.206 e. The third kappa shape index (κ3) is 31.9. The van der Waals surface area contributed by atoms with Gasteiger partial charge < -0.3 is 0 Å². The van der Waals surface area contributed by atoms with E-state index in [2.05, 4.69) is 192 Å². The molecule has 0 spiro atoms. The van der Waals surface area contributed by atoms with Crippen molar-refractivity contribution in [2.24, 2.45) is 0 Å². The van der Waals surface area contributed by atoms with Crippen LogP contribution in [0.25, 0.3) is 0 Å². The van der Waals surface area contributed by atoms with Crippen LogP contribution in [0.2, 0.25) is 0 Å². The zero-order chi connectivity index (χ0) is 61.8. The molecule has 0 aliphatic carbocycles. The van der Waals surface area contributed by atoms with Gasteiger partial charge in [0.2, 0.25) is 9.84 Å². The van der Waals surface area contributed by atoms with Gasteiger partial charge in [-0.25, -0.2) is 8.42 Å². The molecule has 0 N–H and O–H groups in total. The van der Waals surface area contributed by atoms with Crippen molar-refractivity contribution in [2.75, 3.05) is 0 Å². The summed E-state index contributed by atoms with van der Waals surface area (Å²) in [5.41, 5.74) is 17.3. The van der Waals surface area contributed by atoms with E-state index in [0.717, 1.165) is 60.8 Å². The quantitative estimate of drug-likeness (QED) is 0.0584. The molecule has 8 aromatic rings. The highest BCUT2D eigenvalue weighted by Crippen LogP contribution is 2.21. The number of carbonyl (C=O) groups is 1. The monoisotopic (exact) mass is 1130 g/mol. The highest BCUT2D eigenvalue weighted by atomic mass is 32.2. The number of sulfone groups is 1. The normalized spacial score (nSPS) is 10.1. The zero-order valence-corrected chi connectivity index (χ0v) is 55.1. The molecule has 0 unspecified atom stereocenters. The number of hydrogen-bond acceptors (Lipinski definition) is 3. The summed E-state index contributed by atoms with van der Waals surface area (Å²) < 4.78 is 24.5. The second-order valence-corrected chi connectivity index (χ2v) is 22.8. The molecule has 0 amide bonds. The molecule has 83 heavy (non-hydrogen) atoms. The fraction of sp³-hybridized carbons (Fsp3) is 0.354. The van der Waals surface area contributed by atoms with Gasteiger partial charge in [0.1, 0.15) is 0 Å². The molecule has 0 heterocycles. The highest BCUT2D eigenvalue weighted by molar-refractivity contribution is 7.91. The lowest BCUT2D eigenvalue weighted by Gasteiger charge is -2.05. The average molecular weight is 1140 g/mol. The van der Waals surface area contributed by atoms with Crippen LogP contribution >= 0.6 is 0 Å². The molecular formula is C79H106O3S. The number of benzene rings is 8. The smallest absolute Gasteiger partial charge is 0.206 e. The van der Waals surface area contributed by atoms with E-state index in [1.165, 1.54) is 94.2 Å². The summed E-state index contributed by atoms with van der Waals surface area (Å²) in [6.45, 7) is 34.0. The summed E-state index contributed by atoms with van der Waals surface area (Å²) in [4.78, 5) is 12.7. The topological polar surface area (TPSA) is 51.2 Å². The van der Waals surface area contributed by atoms with Crippen LogP contribution in [0.1, 0.15) is 190 Å². The van der Waals surface area contributed by atoms with E-state index in [4.69, 9.17) is 0 Å². The first-order valence-corrected chi connectivity index (χ1v) is 32.3. The molecule has 0 radical (unpaired) electrons. The summed E-state index contributed by atoms with van der Waals surface area (Å²) in [5, 5.41) is 0. The van der Waals surface area contributed by atoms with E-state index >= 15 is 0 Å². The van der Waals surface area contributed by atoms with Gasteiger partial charge in [0.15, 0.2) is 5.78 Å². The molecule has 0 saturated carbocycles. The van der Waals surface area contributed by atoms with Gasteiger partial charge in [0.25, 0.3) is 0 Å². The zero-order valence-electron chi connectivity index (χ0n) is 54.2. The molecule has 0 aliphatic heterocycles. The number of aryl methyl sites for hydroxylation is 12. The predicted molar refractivity (Wildman–Crippen MR) is 365 cm³/mol. The highest BCUT2D eigenvalue weighted by Gasteiger charge is 2.16. The Labute approximate surface area is 507 Å². The minimum atomic E-state index is -3.37. The van der Waals surface area contributed by atoms with Crippen molar-refractivity contribution >= 4 is 15.6 Å². The molecule has 446 valence electrons. The van der Waals surface area contributed by atoms with Crippen molar-refractivity contribution < 1.29 is 13.2 Å². The molecule has 0 aromatic heterocycles. The van der Waals surface area contributed by atoms with Gasteiger partial charge in [-0.1, -0.05) is 310 Å². The van der Waals surface area contributed by atoms with Crippen molar-refractivity contribution in [1.29, 1.82) is 0 Å². The van der Waals surface area contributed by atoms with Crippen molar-refractivity contribution in [2.45, 2.75) is 198 Å². The molecule has 3 nitrogen and oxygen atoms in total. The third-order valence-electron chi connectivity index (χ3n) is 13.6. The fourth-order valence-electron chi connectivity index (χ4n) is 7.95. The summed E-state index contributed by atoms with van der Waals surface area (Å²) in [5.74, 6) is 0.0833. The van der Waals surface area contributed by atoms with Crippen LogP contribution in [0.15, 0.2) is 216 Å². The van der Waals surface area contributed by atoms with Gasteiger partial charge >= 0.3 is 0 Å². The molecule has 8 aromatic carbocycles. The molecule has 4 heteroatoms. The van der Waals surface area contributed by atoms with Crippen molar-refractivity contribution in [3.8, 4) is 0 Å². The van der Waals surface area contributed by atoms with Crippen molar-refractivity contribution in [1.82, 2.24) is 0 Å². The molecule has 8 rings (SSSR count). The van der Waals surface area contributed by atoms with E-state index in [1.54, 1.807) is 48.5 Å². The number of hydrogen-bond donors (Lipinski definition) is 0. The average Bonchev–Trinajstić information content (AvgIpc) is 3.55. The van der Waals surface area contributed by atoms with Crippen LogP contribution < -0.4 is 0 Å². The lowest BCUT2D eigenvalue weighted by molar-refractivity contribution is 0.103. The first kappa shape index (κ1) is 74.1. The Morgan fingerprint density at radius 2 is 0.602 bits per heavy atom. The Balaban J connectivity index is 0.000000487. The SMILES string of the molecule is CC/C=C/CC.CCCCCC.CCc1ccc(CC)cc1.CCc1cccc(CC)c1.CCc1ccccc1CC.Cc1ccc(C(=O)c2ccc(C)cc2)cc1.Cc1ccc(C)cc1.Cc1ccc(S(=O)(=O)c2ccc(C)cc2)cc1. The Morgan fingerprint density at radius 1 is 0.325 bits per heavy atom. The molecule has 0 bridgehead atoms. The van der Waals surface area contributed by atoms with Crippen molar-refractivity contribution in [3.63, 3.8) is 0 Å². The van der Waals surface area contributed by atoms with Crippen LogP contribution in [-0.4, -0.2) is 14.2 Å². The predicted octanol–water partition coefficient (Wildman–Crippen LogP) is 22.4. The second kappa shape index (κ2) is 44.7. The van der Waals surface area contributed by atoms with Crippen molar-refractivity contribution in [3.05, 3.63) is 284 Å². The molecule has 0 atom stereocenters. The number of ketones is 1. The fourth-order valence-corrected chi connectivity index (χ4v) is 9.21.